The lowest BCUT2D eigenvalue weighted by Crippen LogP contribution is -2.35. The summed E-state index contributed by atoms with van der Waals surface area (Å²) in [6.45, 7) is 4.10. The maximum atomic E-state index is 12.5. The lowest BCUT2D eigenvalue weighted by Gasteiger charge is -2.21. The molecule has 1 heterocycles. The summed E-state index contributed by atoms with van der Waals surface area (Å²) in [5.41, 5.74) is 2.17. The minimum atomic E-state index is -0.0000274. The van der Waals surface area contributed by atoms with Crippen molar-refractivity contribution in [1.82, 2.24) is 10.3 Å². The van der Waals surface area contributed by atoms with Crippen LogP contribution in [0, 0.1) is 0 Å². The van der Waals surface area contributed by atoms with Crippen LogP contribution in [0.4, 0.5) is 0 Å². The Kier molecular flexibility index (Phi) is 4.99. The van der Waals surface area contributed by atoms with E-state index in [-0.39, 0.29) is 11.8 Å². The number of benzene rings is 1. The average molecular weight is 314 g/mol. The highest BCUT2D eigenvalue weighted by Gasteiger charge is 2.17. The molecule has 23 heavy (non-hydrogen) atoms. The van der Waals surface area contributed by atoms with Gasteiger partial charge in [-0.25, -0.2) is 4.98 Å². The van der Waals surface area contributed by atoms with E-state index in [4.69, 9.17) is 4.42 Å². The standard InChI is InChI=1S/C19H26N2O2/c1-13(2)19-21-16-11-10-14(12-17(16)23-19)18(22)20-15-8-6-4-3-5-7-9-15/h10-13,15H,3-9H2,1-2H3,(H,20,22). The number of nitrogens with zero attached hydrogens (tertiary/aromatic N) is 1. The van der Waals surface area contributed by atoms with E-state index >= 15 is 0 Å². The maximum absolute atomic E-state index is 12.5. The van der Waals surface area contributed by atoms with Crippen molar-refractivity contribution in [3.8, 4) is 0 Å². The Morgan fingerprint density at radius 2 is 1.87 bits per heavy atom. The second kappa shape index (κ2) is 7.16. The molecule has 3 rings (SSSR count). The molecule has 124 valence electrons. The topological polar surface area (TPSA) is 55.1 Å². The van der Waals surface area contributed by atoms with Crippen LogP contribution in [-0.4, -0.2) is 16.9 Å². The molecule has 1 saturated carbocycles. The highest BCUT2D eigenvalue weighted by Crippen LogP contribution is 2.22. The Labute approximate surface area is 137 Å². The average Bonchev–Trinajstić information content (AvgIpc) is 2.93. The second-order valence-electron chi connectivity index (χ2n) is 6.90. The lowest BCUT2D eigenvalue weighted by molar-refractivity contribution is 0.0930. The molecule has 1 aromatic heterocycles. The van der Waals surface area contributed by atoms with Gasteiger partial charge >= 0.3 is 0 Å². The number of nitrogens with one attached hydrogen (secondary N) is 1. The Bertz CT molecular complexity index is 667. The first-order chi connectivity index (χ1) is 11.1. The molecule has 4 heteroatoms. The molecule has 2 aromatic rings. The molecular formula is C19H26N2O2. The first kappa shape index (κ1) is 16.0. The van der Waals surface area contributed by atoms with Gasteiger partial charge in [-0.3, -0.25) is 4.79 Å². The lowest BCUT2D eigenvalue weighted by atomic mass is 9.96. The van der Waals surface area contributed by atoms with Crippen LogP contribution in [0.15, 0.2) is 22.6 Å². The molecule has 0 spiro atoms. The maximum Gasteiger partial charge on any atom is 0.251 e. The van der Waals surface area contributed by atoms with Crippen molar-refractivity contribution < 1.29 is 9.21 Å². The number of hydrogen-bond acceptors (Lipinski definition) is 3. The van der Waals surface area contributed by atoms with Crippen LogP contribution in [0.5, 0.6) is 0 Å². The molecular weight excluding hydrogens is 288 g/mol. The van der Waals surface area contributed by atoms with Gasteiger partial charge in [-0.2, -0.15) is 0 Å². The van der Waals surface area contributed by atoms with Crippen molar-refractivity contribution >= 4 is 17.0 Å². The van der Waals surface area contributed by atoms with Gasteiger partial charge in [-0.1, -0.05) is 46.0 Å². The Balaban J connectivity index is 1.72. The predicted molar refractivity (Wildman–Crippen MR) is 91.7 cm³/mol. The predicted octanol–water partition coefficient (Wildman–Crippen LogP) is 4.79. The minimum Gasteiger partial charge on any atom is -0.440 e. The smallest absolute Gasteiger partial charge is 0.251 e. The summed E-state index contributed by atoms with van der Waals surface area (Å²) in [4.78, 5) is 17.0. The van der Waals surface area contributed by atoms with Gasteiger partial charge < -0.3 is 9.73 Å². The van der Waals surface area contributed by atoms with E-state index in [1.807, 2.05) is 32.0 Å². The molecule has 0 radical (unpaired) electrons. The van der Waals surface area contributed by atoms with Gasteiger partial charge in [0, 0.05) is 17.5 Å². The van der Waals surface area contributed by atoms with E-state index in [2.05, 4.69) is 10.3 Å². The molecule has 1 aromatic carbocycles. The third kappa shape index (κ3) is 3.92. The number of carbonyl (C=O) groups is 1. The fourth-order valence-corrected chi connectivity index (χ4v) is 3.20. The summed E-state index contributed by atoms with van der Waals surface area (Å²) < 4.78 is 5.76. The normalized spacial score (nSPS) is 17.2. The number of oxazole rings is 1. The van der Waals surface area contributed by atoms with Crippen LogP contribution in [0.2, 0.25) is 0 Å². The summed E-state index contributed by atoms with van der Waals surface area (Å²) >= 11 is 0. The van der Waals surface area contributed by atoms with Crippen molar-refractivity contribution in [3.63, 3.8) is 0 Å². The SMILES string of the molecule is CC(C)c1nc2ccc(C(=O)NC3CCCCCCC3)cc2o1. The number of rotatable bonds is 3. The van der Waals surface area contributed by atoms with Gasteiger partial charge in [0.1, 0.15) is 5.52 Å². The molecule has 0 bridgehead atoms. The minimum absolute atomic E-state index is 0.0000274. The molecule has 0 saturated heterocycles. The van der Waals surface area contributed by atoms with Crippen molar-refractivity contribution in [2.75, 3.05) is 0 Å². The van der Waals surface area contributed by atoms with Crippen LogP contribution < -0.4 is 5.32 Å². The molecule has 0 aliphatic heterocycles. The number of hydrogen-bond donors (Lipinski definition) is 1. The Morgan fingerprint density at radius 3 is 2.57 bits per heavy atom. The van der Waals surface area contributed by atoms with Gasteiger partial charge in [0.2, 0.25) is 0 Å². The Hall–Kier alpha value is -1.84. The van der Waals surface area contributed by atoms with Gasteiger partial charge in [-0.15, -0.1) is 0 Å². The van der Waals surface area contributed by atoms with Crippen LogP contribution in [0.1, 0.15) is 81.0 Å². The molecule has 0 unspecified atom stereocenters. The van der Waals surface area contributed by atoms with E-state index < -0.39 is 0 Å². The number of fused-ring (bicyclic) bond motifs is 1. The van der Waals surface area contributed by atoms with Crippen LogP contribution in [-0.2, 0) is 0 Å². The largest absolute Gasteiger partial charge is 0.440 e. The third-order valence-electron chi connectivity index (χ3n) is 4.60. The zero-order valence-electron chi connectivity index (χ0n) is 14.1. The molecule has 1 fully saturated rings. The number of carbonyl (C=O) groups excluding carboxylic acids is 1. The molecule has 1 aliphatic rings. The van der Waals surface area contributed by atoms with E-state index in [0.29, 0.717) is 17.2 Å². The third-order valence-corrected chi connectivity index (χ3v) is 4.60. The molecule has 0 atom stereocenters. The molecule has 4 nitrogen and oxygen atoms in total. The summed E-state index contributed by atoms with van der Waals surface area (Å²) in [6, 6.07) is 5.83. The zero-order valence-corrected chi connectivity index (χ0v) is 14.1. The summed E-state index contributed by atoms with van der Waals surface area (Å²) in [6.07, 6.45) is 8.51. The van der Waals surface area contributed by atoms with E-state index in [1.165, 1.54) is 32.1 Å². The van der Waals surface area contributed by atoms with Crippen molar-refractivity contribution in [1.29, 1.82) is 0 Å². The first-order valence-corrected chi connectivity index (χ1v) is 8.85. The van der Waals surface area contributed by atoms with Gasteiger partial charge in [-0.05, 0) is 31.0 Å². The van der Waals surface area contributed by atoms with Crippen molar-refractivity contribution in [2.45, 2.75) is 70.8 Å². The monoisotopic (exact) mass is 314 g/mol. The molecule has 1 amide bonds. The van der Waals surface area contributed by atoms with Gasteiger partial charge in [0.25, 0.3) is 5.91 Å². The summed E-state index contributed by atoms with van der Waals surface area (Å²) in [5, 5.41) is 3.20. The van der Waals surface area contributed by atoms with Crippen LogP contribution in [0.3, 0.4) is 0 Å². The quantitative estimate of drug-likeness (QED) is 0.886. The number of aromatic nitrogens is 1. The summed E-state index contributed by atoms with van der Waals surface area (Å²) in [5.74, 6) is 0.965. The van der Waals surface area contributed by atoms with Crippen molar-refractivity contribution in [3.05, 3.63) is 29.7 Å². The number of amides is 1. The highest BCUT2D eigenvalue weighted by molar-refractivity contribution is 5.97. The van der Waals surface area contributed by atoms with E-state index in [1.54, 1.807) is 0 Å². The first-order valence-electron chi connectivity index (χ1n) is 8.85. The summed E-state index contributed by atoms with van der Waals surface area (Å²) in [7, 11) is 0. The molecule has 1 aliphatic carbocycles. The van der Waals surface area contributed by atoms with Gasteiger partial charge in [0.15, 0.2) is 11.5 Å². The zero-order chi connectivity index (χ0) is 16.2. The van der Waals surface area contributed by atoms with Crippen molar-refractivity contribution in [2.24, 2.45) is 0 Å². The highest BCUT2D eigenvalue weighted by atomic mass is 16.3. The van der Waals surface area contributed by atoms with Gasteiger partial charge in [0.05, 0.1) is 0 Å². The second-order valence-corrected chi connectivity index (χ2v) is 6.90. The fourth-order valence-electron chi connectivity index (χ4n) is 3.20. The van der Waals surface area contributed by atoms with E-state index in [9.17, 15) is 4.79 Å². The molecule has 1 N–H and O–H groups in total. The van der Waals surface area contributed by atoms with Crippen LogP contribution in [0.25, 0.3) is 11.1 Å². The fraction of sp³-hybridized carbons (Fsp3) is 0.579. The van der Waals surface area contributed by atoms with Crippen LogP contribution >= 0.6 is 0 Å². The Morgan fingerprint density at radius 1 is 1.17 bits per heavy atom. The van der Waals surface area contributed by atoms with E-state index in [0.717, 1.165) is 24.2 Å².